The molecule has 0 spiro atoms. The monoisotopic (exact) mass is 321 g/mol. The standard InChI is InChI=1S/C17H17Cl2NO/c1-12-5-2-9-15(16(12)19)17(21)20-14-8-3-6-13(11-14)7-4-10-18/h2-3,5-6,8-9,11H,4,7,10H2,1H3,(H,20,21). The van der Waals surface area contributed by atoms with Crippen molar-refractivity contribution in [3.63, 3.8) is 0 Å². The lowest BCUT2D eigenvalue weighted by atomic mass is 10.1. The van der Waals surface area contributed by atoms with Gasteiger partial charge < -0.3 is 5.32 Å². The van der Waals surface area contributed by atoms with E-state index in [4.69, 9.17) is 23.2 Å². The van der Waals surface area contributed by atoms with E-state index in [2.05, 4.69) is 5.32 Å². The third kappa shape index (κ3) is 4.23. The van der Waals surface area contributed by atoms with Crippen molar-refractivity contribution >= 4 is 34.8 Å². The Kier molecular flexibility index (Phi) is 5.66. The number of hydrogen-bond donors (Lipinski definition) is 1. The number of halogens is 2. The van der Waals surface area contributed by atoms with Crippen molar-refractivity contribution in [2.75, 3.05) is 11.2 Å². The zero-order valence-corrected chi connectivity index (χ0v) is 13.3. The number of amides is 1. The first-order valence-electron chi connectivity index (χ1n) is 6.83. The Bertz CT molecular complexity index is 640. The number of anilines is 1. The summed E-state index contributed by atoms with van der Waals surface area (Å²) in [6.45, 7) is 1.88. The Morgan fingerprint density at radius 2 is 1.95 bits per heavy atom. The lowest BCUT2D eigenvalue weighted by molar-refractivity contribution is 0.102. The first-order valence-corrected chi connectivity index (χ1v) is 7.74. The van der Waals surface area contributed by atoms with Crippen LogP contribution in [0.3, 0.4) is 0 Å². The molecule has 1 N–H and O–H groups in total. The summed E-state index contributed by atoms with van der Waals surface area (Å²) in [5.41, 5.74) is 3.30. The summed E-state index contributed by atoms with van der Waals surface area (Å²) in [5, 5.41) is 3.38. The molecule has 2 rings (SSSR count). The van der Waals surface area contributed by atoms with Crippen LogP contribution in [0.5, 0.6) is 0 Å². The summed E-state index contributed by atoms with van der Waals surface area (Å²) >= 11 is 11.9. The van der Waals surface area contributed by atoms with Gasteiger partial charge >= 0.3 is 0 Å². The molecule has 0 saturated heterocycles. The lowest BCUT2D eigenvalue weighted by Crippen LogP contribution is -2.13. The van der Waals surface area contributed by atoms with Crippen LogP contribution in [0.2, 0.25) is 5.02 Å². The zero-order valence-electron chi connectivity index (χ0n) is 11.8. The Morgan fingerprint density at radius 3 is 2.71 bits per heavy atom. The first-order chi connectivity index (χ1) is 10.1. The van der Waals surface area contributed by atoms with Crippen LogP contribution >= 0.6 is 23.2 Å². The van der Waals surface area contributed by atoms with Gasteiger partial charge in [-0.2, -0.15) is 0 Å². The van der Waals surface area contributed by atoms with Crippen LogP contribution in [0.25, 0.3) is 0 Å². The molecule has 0 atom stereocenters. The van der Waals surface area contributed by atoms with E-state index in [0.717, 1.165) is 29.7 Å². The van der Waals surface area contributed by atoms with Gasteiger partial charge in [-0.25, -0.2) is 0 Å². The highest BCUT2D eigenvalue weighted by molar-refractivity contribution is 6.35. The summed E-state index contributed by atoms with van der Waals surface area (Å²) in [5.74, 6) is 0.438. The highest BCUT2D eigenvalue weighted by atomic mass is 35.5. The molecule has 1 amide bonds. The van der Waals surface area contributed by atoms with E-state index in [9.17, 15) is 4.79 Å². The fourth-order valence-corrected chi connectivity index (χ4v) is 2.44. The maximum Gasteiger partial charge on any atom is 0.257 e. The van der Waals surface area contributed by atoms with Gasteiger partial charge in [-0.3, -0.25) is 4.79 Å². The number of hydrogen-bond acceptors (Lipinski definition) is 1. The molecule has 4 heteroatoms. The minimum absolute atomic E-state index is 0.196. The first kappa shape index (κ1) is 15.9. The van der Waals surface area contributed by atoms with E-state index in [0.29, 0.717) is 16.5 Å². The molecule has 2 aromatic carbocycles. The Labute approximate surface area is 135 Å². The number of alkyl halides is 1. The molecule has 0 unspecified atom stereocenters. The second-order valence-corrected chi connectivity index (χ2v) is 5.64. The van der Waals surface area contributed by atoms with Gasteiger partial charge in [0.25, 0.3) is 5.91 Å². The molecule has 0 bridgehead atoms. The minimum atomic E-state index is -0.196. The average Bonchev–Trinajstić information content (AvgIpc) is 2.48. The van der Waals surface area contributed by atoms with Crippen molar-refractivity contribution in [1.29, 1.82) is 0 Å². The van der Waals surface area contributed by atoms with Crippen molar-refractivity contribution in [2.45, 2.75) is 19.8 Å². The maximum atomic E-state index is 12.3. The molecule has 110 valence electrons. The van der Waals surface area contributed by atoms with Crippen LogP contribution in [0, 0.1) is 6.92 Å². The van der Waals surface area contributed by atoms with E-state index in [-0.39, 0.29) is 5.91 Å². The van der Waals surface area contributed by atoms with Crippen LogP contribution in [0.1, 0.15) is 27.9 Å². The Morgan fingerprint density at radius 1 is 1.19 bits per heavy atom. The van der Waals surface area contributed by atoms with Crippen LogP contribution < -0.4 is 5.32 Å². The van der Waals surface area contributed by atoms with Gasteiger partial charge in [-0.05, 0) is 49.1 Å². The van der Waals surface area contributed by atoms with Gasteiger partial charge in [-0.15, -0.1) is 11.6 Å². The molecule has 0 aromatic heterocycles. The molecule has 21 heavy (non-hydrogen) atoms. The van der Waals surface area contributed by atoms with Crippen molar-refractivity contribution in [3.05, 3.63) is 64.2 Å². The average molecular weight is 322 g/mol. The predicted octanol–water partition coefficient (Wildman–Crippen LogP) is 5.07. The fraction of sp³-hybridized carbons (Fsp3) is 0.235. The van der Waals surface area contributed by atoms with E-state index < -0.39 is 0 Å². The van der Waals surface area contributed by atoms with Crippen molar-refractivity contribution in [3.8, 4) is 0 Å². The van der Waals surface area contributed by atoms with Gasteiger partial charge in [-0.1, -0.05) is 35.9 Å². The number of aryl methyl sites for hydroxylation is 2. The molecule has 2 nitrogen and oxygen atoms in total. The number of rotatable bonds is 5. The van der Waals surface area contributed by atoms with Gasteiger partial charge in [0, 0.05) is 11.6 Å². The van der Waals surface area contributed by atoms with Gasteiger partial charge in [0.2, 0.25) is 0 Å². The third-order valence-electron chi connectivity index (χ3n) is 3.22. The molecule has 0 heterocycles. The molecule has 0 radical (unpaired) electrons. The predicted molar refractivity (Wildman–Crippen MR) is 89.6 cm³/mol. The molecule has 0 fully saturated rings. The van der Waals surface area contributed by atoms with E-state index in [1.165, 1.54) is 0 Å². The molecule has 0 aliphatic rings. The fourth-order valence-electron chi connectivity index (χ4n) is 2.10. The van der Waals surface area contributed by atoms with Crippen molar-refractivity contribution in [1.82, 2.24) is 0 Å². The van der Waals surface area contributed by atoms with Gasteiger partial charge in [0.05, 0.1) is 10.6 Å². The van der Waals surface area contributed by atoms with E-state index in [1.807, 2.05) is 43.3 Å². The molecule has 0 aliphatic heterocycles. The van der Waals surface area contributed by atoms with Crippen LogP contribution in [0.4, 0.5) is 5.69 Å². The second-order valence-electron chi connectivity index (χ2n) is 4.88. The van der Waals surface area contributed by atoms with Crippen LogP contribution in [-0.4, -0.2) is 11.8 Å². The van der Waals surface area contributed by atoms with Crippen LogP contribution in [-0.2, 0) is 6.42 Å². The second kappa shape index (κ2) is 7.48. The van der Waals surface area contributed by atoms with Crippen molar-refractivity contribution in [2.24, 2.45) is 0 Å². The maximum absolute atomic E-state index is 12.3. The Hall–Kier alpha value is -1.51. The lowest BCUT2D eigenvalue weighted by Gasteiger charge is -2.09. The highest BCUT2D eigenvalue weighted by Crippen LogP contribution is 2.22. The molecule has 2 aromatic rings. The molecular weight excluding hydrogens is 305 g/mol. The van der Waals surface area contributed by atoms with E-state index >= 15 is 0 Å². The van der Waals surface area contributed by atoms with Gasteiger partial charge in [0.1, 0.15) is 0 Å². The summed E-state index contributed by atoms with van der Waals surface area (Å²) < 4.78 is 0. The number of carbonyl (C=O) groups excluding carboxylic acids is 1. The quantitative estimate of drug-likeness (QED) is 0.765. The third-order valence-corrected chi connectivity index (χ3v) is 3.99. The molecule has 0 aliphatic carbocycles. The summed E-state index contributed by atoms with van der Waals surface area (Å²) in [4.78, 5) is 12.3. The zero-order chi connectivity index (χ0) is 15.2. The number of benzene rings is 2. The van der Waals surface area contributed by atoms with Crippen molar-refractivity contribution < 1.29 is 4.79 Å². The largest absolute Gasteiger partial charge is 0.322 e. The topological polar surface area (TPSA) is 29.1 Å². The van der Waals surface area contributed by atoms with Crippen LogP contribution in [0.15, 0.2) is 42.5 Å². The Balaban J connectivity index is 2.14. The summed E-state index contributed by atoms with van der Waals surface area (Å²) in [6, 6.07) is 13.2. The van der Waals surface area contributed by atoms with E-state index in [1.54, 1.807) is 6.07 Å². The number of nitrogens with one attached hydrogen (secondary N) is 1. The minimum Gasteiger partial charge on any atom is -0.322 e. The normalized spacial score (nSPS) is 10.4. The number of carbonyl (C=O) groups is 1. The highest BCUT2D eigenvalue weighted by Gasteiger charge is 2.11. The molecule has 0 saturated carbocycles. The summed E-state index contributed by atoms with van der Waals surface area (Å²) in [6.07, 6.45) is 1.82. The van der Waals surface area contributed by atoms with Gasteiger partial charge in [0.15, 0.2) is 0 Å². The smallest absolute Gasteiger partial charge is 0.257 e. The SMILES string of the molecule is Cc1cccc(C(=O)Nc2cccc(CCCCl)c2)c1Cl. The summed E-state index contributed by atoms with van der Waals surface area (Å²) in [7, 11) is 0. The molecular formula is C17H17Cl2NO.